The minimum atomic E-state index is -0.410. The second-order valence-corrected chi connectivity index (χ2v) is 4.54. The molecule has 0 saturated heterocycles. The molecule has 0 saturated carbocycles. The van der Waals surface area contributed by atoms with Crippen LogP contribution in [0.1, 0.15) is 5.56 Å². The standard InChI is InChI=1S/C9H4BrN3OS/c10-6-1-7(15-4-6)8-12-3-5(2-11)9(14)13-8/h1,3-4H,(H,12,13,14). The quantitative estimate of drug-likeness (QED) is 0.871. The van der Waals surface area contributed by atoms with Gasteiger partial charge in [-0.25, -0.2) is 4.98 Å². The van der Waals surface area contributed by atoms with Crippen LogP contribution in [0.4, 0.5) is 0 Å². The molecular formula is C9H4BrN3OS. The third-order valence-electron chi connectivity index (χ3n) is 1.72. The largest absolute Gasteiger partial charge is 0.305 e. The van der Waals surface area contributed by atoms with E-state index in [9.17, 15) is 4.79 Å². The Balaban J connectivity index is 2.53. The van der Waals surface area contributed by atoms with Gasteiger partial charge in [0.05, 0.1) is 11.1 Å². The SMILES string of the molecule is N#Cc1cnc(-c2cc(Br)cs2)[nH]c1=O. The van der Waals surface area contributed by atoms with Crippen LogP contribution in [0.5, 0.6) is 0 Å². The summed E-state index contributed by atoms with van der Waals surface area (Å²) in [6.07, 6.45) is 1.28. The summed E-state index contributed by atoms with van der Waals surface area (Å²) < 4.78 is 0.939. The predicted molar refractivity (Wildman–Crippen MR) is 60.6 cm³/mol. The Morgan fingerprint density at radius 3 is 2.93 bits per heavy atom. The van der Waals surface area contributed by atoms with Gasteiger partial charge in [-0.1, -0.05) is 0 Å². The van der Waals surface area contributed by atoms with Crippen molar-refractivity contribution in [2.24, 2.45) is 0 Å². The second-order valence-electron chi connectivity index (χ2n) is 2.72. The maximum atomic E-state index is 11.3. The first kappa shape index (κ1) is 10.1. The molecular weight excluding hydrogens is 278 g/mol. The number of aromatic amines is 1. The van der Waals surface area contributed by atoms with E-state index in [0.717, 1.165) is 9.35 Å². The normalized spacial score (nSPS) is 9.87. The van der Waals surface area contributed by atoms with Crippen molar-refractivity contribution in [3.05, 3.63) is 38.0 Å². The highest BCUT2D eigenvalue weighted by atomic mass is 79.9. The van der Waals surface area contributed by atoms with Crippen molar-refractivity contribution in [1.82, 2.24) is 9.97 Å². The van der Waals surface area contributed by atoms with Crippen molar-refractivity contribution in [2.75, 3.05) is 0 Å². The van der Waals surface area contributed by atoms with E-state index in [-0.39, 0.29) is 5.56 Å². The van der Waals surface area contributed by atoms with Gasteiger partial charge in [-0.15, -0.1) is 11.3 Å². The monoisotopic (exact) mass is 281 g/mol. The molecule has 74 valence electrons. The lowest BCUT2D eigenvalue weighted by Crippen LogP contribution is -2.11. The topological polar surface area (TPSA) is 69.5 Å². The van der Waals surface area contributed by atoms with Gasteiger partial charge in [-0.05, 0) is 22.0 Å². The van der Waals surface area contributed by atoms with Gasteiger partial charge >= 0.3 is 0 Å². The molecule has 2 rings (SSSR count). The number of thiophene rings is 1. The Kier molecular flexibility index (Phi) is 2.66. The molecule has 1 N–H and O–H groups in total. The fraction of sp³-hybridized carbons (Fsp3) is 0. The molecule has 0 fully saturated rings. The van der Waals surface area contributed by atoms with E-state index in [2.05, 4.69) is 25.9 Å². The number of hydrogen-bond acceptors (Lipinski definition) is 4. The van der Waals surface area contributed by atoms with Gasteiger partial charge in [0.1, 0.15) is 17.5 Å². The zero-order chi connectivity index (χ0) is 10.8. The summed E-state index contributed by atoms with van der Waals surface area (Å²) in [5.74, 6) is 0.481. The molecule has 0 aliphatic heterocycles. The van der Waals surface area contributed by atoms with Crippen LogP contribution in [-0.4, -0.2) is 9.97 Å². The average molecular weight is 282 g/mol. The Morgan fingerprint density at radius 2 is 2.40 bits per heavy atom. The Bertz CT molecular complexity index is 596. The highest BCUT2D eigenvalue weighted by Gasteiger charge is 2.05. The zero-order valence-corrected chi connectivity index (χ0v) is 9.72. The molecule has 4 nitrogen and oxygen atoms in total. The van der Waals surface area contributed by atoms with E-state index >= 15 is 0 Å². The third kappa shape index (κ3) is 1.98. The van der Waals surface area contributed by atoms with E-state index < -0.39 is 5.56 Å². The Morgan fingerprint density at radius 1 is 1.60 bits per heavy atom. The molecule has 2 aromatic rings. The van der Waals surface area contributed by atoms with Crippen molar-refractivity contribution in [3.63, 3.8) is 0 Å². The maximum absolute atomic E-state index is 11.3. The summed E-state index contributed by atoms with van der Waals surface area (Å²) in [4.78, 5) is 18.7. The first-order valence-corrected chi connectivity index (χ1v) is 5.62. The second kappa shape index (κ2) is 3.96. The number of nitriles is 1. The number of nitrogens with one attached hydrogen (secondary N) is 1. The van der Waals surface area contributed by atoms with E-state index in [4.69, 9.17) is 5.26 Å². The van der Waals surface area contributed by atoms with E-state index in [0.29, 0.717) is 5.82 Å². The van der Waals surface area contributed by atoms with Gasteiger partial charge in [-0.2, -0.15) is 5.26 Å². The molecule has 0 radical (unpaired) electrons. The van der Waals surface area contributed by atoms with Crippen LogP contribution < -0.4 is 5.56 Å². The number of hydrogen-bond donors (Lipinski definition) is 1. The maximum Gasteiger partial charge on any atom is 0.269 e. The first-order valence-electron chi connectivity index (χ1n) is 3.94. The minimum absolute atomic E-state index is 0.0226. The summed E-state index contributed by atoms with van der Waals surface area (Å²) in [5, 5.41) is 10.5. The number of halogens is 1. The van der Waals surface area contributed by atoms with Crippen LogP contribution in [0.15, 0.2) is 26.9 Å². The molecule has 0 aliphatic rings. The van der Waals surface area contributed by atoms with E-state index in [1.165, 1.54) is 17.5 Å². The fourth-order valence-corrected chi connectivity index (χ4v) is 2.42. The molecule has 0 spiro atoms. The summed E-state index contributed by atoms with van der Waals surface area (Å²) in [5.41, 5.74) is -0.388. The third-order valence-corrected chi connectivity index (χ3v) is 3.42. The predicted octanol–water partition coefficient (Wildman–Crippen LogP) is 2.13. The van der Waals surface area contributed by atoms with Gasteiger partial charge in [0.2, 0.25) is 0 Å². The average Bonchev–Trinajstić information content (AvgIpc) is 2.65. The van der Waals surface area contributed by atoms with Crippen molar-refractivity contribution in [3.8, 4) is 16.8 Å². The molecule has 6 heteroatoms. The molecule has 2 aromatic heterocycles. The van der Waals surface area contributed by atoms with Crippen LogP contribution in [0.25, 0.3) is 10.7 Å². The molecule has 0 unspecified atom stereocenters. The molecule has 0 aliphatic carbocycles. The number of nitrogens with zero attached hydrogens (tertiary/aromatic N) is 2. The highest BCUT2D eigenvalue weighted by Crippen LogP contribution is 2.26. The lowest BCUT2D eigenvalue weighted by atomic mass is 10.3. The minimum Gasteiger partial charge on any atom is -0.305 e. The zero-order valence-electron chi connectivity index (χ0n) is 7.32. The summed E-state index contributed by atoms with van der Waals surface area (Å²) in [7, 11) is 0. The molecule has 0 amide bonds. The Hall–Kier alpha value is -1.45. The van der Waals surface area contributed by atoms with Crippen molar-refractivity contribution in [2.45, 2.75) is 0 Å². The summed E-state index contributed by atoms with van der Waals surface area (Å²) >= 11 is 4.78. The van der Waals surface area contributed by atoms with Gasteiger partial charge in [0, 0.05) is 9.85 Å². The molecule has 0 aromatic carbocycles. The van der Waals surface area contributed by atoms with Gasteiger partial charge in [-0.3, -0.25) is 4.79 Å². The highest BCUT2D eigenvalue weighted by molar-refractivity contribution is 9.10. The lowest BCUT2D eigenvalue weighted by Gasteiger charge is -1.95. The van der Waals surface area contributed by atoms with Crippen LogP contribution in [-0.2, 0) is 0 Å². The van der Waals surface area contributed by atoms with Crippen molar-refractivity contribution < 1.29 is 0 Å². The molecule has 0 bridgehead atoms. The van der Waals surface area contributed by atoms with Crippen LogP contribution >= 0.6 is 27.3 Å². The van der Waals surface area contributed by atoms with Gasteiger partial charge in [0.15, 0.2) is 0 Å². The first-order chi connectivity index (χ1) is 7.20. The lowest BCUT2D eigenvalue weighted by molar-refractivity contribution is 1.12. The molecule has 2 heterocycles. The van der Waals surface area contributed by atoms with Gasteiger partial charge < -0.3 is 4.98 Å². The summed E-state index contributed by atoms with van der Waals surface area (Å²) in [6, 6.07) is 3.62. The Labute approximate surface area is 97.4 Å². The van der Waals surface area contributed by atoms with E-state index in [1.54, 1.807) is 6.07 Å². The number of H-pyrrole nitrogens is 1. The van der Waals surface area contributed by atoms with Crippen molar-refractivity contribution >= 4 is 27.3 Å². The van der Waals surface area contributed by atoms with Gasteiger partial charge in [0.25, 0.3) is 5.56 Å². The summed E-state index contributed by atoms with van der Waals surface area (Å²) in [6.45, 7) is 0. The number of rotatable bonds is 1. The van der Waals surface area contributed by atoms with Crippen LogP contribution in [0.3, 0.4) is 0 Å². The van der Waals surface area contributed by atoms with Crippen LogP contribution in [0, 0.1) is 11.3 Å². The molecule has 15 heavy (non-hydrogen) atoms. The molecule has 0 atom stereocenters. The fourth-order valence-electron chi connectivity index (χ4n) is 1.04. The number of aromatic nitrogens is 2. The van der Waals surface area contributed by atoms with Crippen LogP contribution in [0.2, 0.25) is 0 Å². The smallest absolute Gasteiger partial charge is 0.269 e. The van der Waals surface area contributed by atoms with Crippen molar-refractivity contribution in [1.29, 1.82) is 5.26 Å². The van der Waals surface area contributed by atoms with E-state index in [1.807, 2.05) is 11.4 Å².